The molecular formula is C15H10ClNO4. The monoisotopic (exact) mass is 303 g/mol. The van der Waals surface area contributed by atoms with Gasteiger partial charge in [0.1, 0.15) is 11.5 Å². The maximum atomic E-state index is 12.0. The Morgan fingerprint density at radius 1 is 1.24 bits per heavy atom. The predicted octanol–water partition coefficient (Wildman–Crippen LogP) is 2.89. The zero-order valence-corrected chi connectivity index (χ0v) is 11.5. The van der Waals surface area contributed by atoms with Crippen LogP contribution in [0.4, 0.5) is 5.69 Å². The normalized spacial score (nSPS) is 12.9. The first-order valence-electron chi connectivity index (χ1n) is 6.17. The van der Waals surface area contributed by atoms with E-state index >= 15 is 0 Å². The van der Waals surface area contributed by atoms with Crippen molar-refractivity contribution in [1.29, 1.82) is 0 Å². The fourth-order valence-corrected chi connectivity index (χ4v) is 2.13. The van der Waals surface area contributed by atoms with E-state index < -0.39 is 5.97 Å². The third-order valence-electron chi connectivity index (χ3n) is 2.89. The molecule has 1 aliphatic rings. The number of fused-ring (bicyclic) bond motifs is 1. The van der Waals surface area contributed by atoms with Crippen molar-refractivity contribution in [3.63, 3.8) is 0 Å². The molecule has 2 aromatic rings. The molecule has 2 aromatic carbocycles. The molecule has 1 N–H and O–H groups in total. The molecule has 0 aliphatic carbocycles. The Balaban J connectivity index is 1.82. The molecule has 0 saturated heterocycles. The summed E-state index contributed by atoms with van der Waals surface area (Å²) >= 11 is 5.94. The fourth-order valence-electron chi connectivity index (χ4n) is 1.91. The Kier molecular flexibility index (Phi) is 3.50. The molecule has 0 fully saturated rings. The molecule has 0 aromatic heterocycles. The van der Waals surface area contributed by atoms with E-state index in [0.29, 0.717) is 22.2 Å². The van der Waals surface area contributed by atoms with Gasteiger partial charge in [-0.05, 0) is 24.3 Å². The van der Waals surface area contributed by atoms with Gasteiger partial charge in [-0.3, -0.25) is 4.79 Å². The van der Waals surface area contributed by atoms with E-state index in [4.69, 9.17) is 21.1 Å². The van der Waals surface area contributed by atoms with Crippen LogP contribution in [0, 0.1) is 0 Å². The number of hydrogen-bond donors (Lipinski definition) is 1. The van der Waals surface area contributed by atoms with Crippen molar-refractivity contribution in [2.24, 2.45) is 0 Å². The highest BCUT2D eigenvalue weighted by Crippen LogP contribution is 2.32. The van der Waals surface area contributed by atoms with Gasteiger partial charge in [-0.2, -0.15) is 0 Å². The van der Waals surface area contributed by atoms with Crippen LogP contribution in [-0.4, -0.2) is 18.5 Å². The lowest BCUT2D eigenvalue weighted by Gasteiger charge is -2.18. The lowest BCUT2D eigenvalue weighted by atomic mass is 10.2. The third kappa shape index (κ3) is 2.83. The number of hydrogen-bond acceptors (Lipinski definition) is 4. The molecule has 106 valence electrons. The number of amides is 1. The molecule has 0 atom stereocenters. The Morgan fingerprint density at radius 2 is 2.05 bits per heavy atom. The van der Waals surface area contributed by atoms with Crippen molar-refractivity contribution < 1.29 is 19.1 Å². The van der Waals surface area contributed by atoms with E-state index in [1.807, 2.05) is 0 Å². The van der Waals surface area contributed by atoms with Gasteiger partial charge in [0.2, 0.25) is 0 Å². The molecule has 1 heterocycles. The number of carbonyl (C=O) groups is 2. The molecule has 0 bridgehead atoms. The average Bonchev–Trinajstić information content (AvgIpc) is 2.47. The number of benzene rings is 2. The van der Waals surface area contributed by atoms with Crippen LogP contribution in [-0.2, 0) is 4.79 Å². The number of carbonyl (C=O) groups excluding carboxylic acids is 2. The van der Waals surface area contributed by atoms with Crippen LogP contribution >= 0.6 is 11.6 Å². The number of esters is 1. The average molecular weight is 304 g/mol. The largest absolute Gasteiger partial charge is 0.482 e. The maximum absolute atomic E-state index is 12.0. The van der Waals surface area contributed by atoms with E-state index in [-0.39, 0.29) is 18.1 Å². The summed E-state index contributed by atoms with van der Waals surface area (Å²) in [5.74, 6) is 0.0114. The molecule has 5 nitrogen and oxygen atoms in total. The van der Waals surface area contributed by atoms with Crippen LogP contribution in [0.3, 0.4) is 0 Å². The molecule has 1 amide bonds. The van der Waals surface area contributed by atoms with Crippen LogP contribution in [0.5, 0.6) is 11.5 Å². The first kappa shape index (κ1) is 13.5. The summed E-state index contributed by atoms with van der Waals surface area (Å²) in [5, 5.41) is 2.96. The molecule has 6 heteroatoms. The highest BCUT2D eigenvalue weighted by atomic mass is 35.5. The Labute approximate surface area is 125 Å². The van der Waals surface area contributed by atoms with Crippen LogP contribution < -0.4 is 14.8 Å². The molecule has 0 radical (unpaired) electrons. The number of anilines is 1. The number of rotatable bonds is 2. The molecule has 1 aliphatic heterocycles. The van der Waals surface area contributed by atoms with Gasteiger partial charge in [0.05, 0.1) is 16.3 Å². The quantitative estimate of drug-likeness (QED) is 0.684. The first-order chi connectivity index (χ1) is 10.1. The highest BCUT2D eigenvalue weighted by molar-refractivity contribution is 6.33. The van der Waals surface area contributed by atoms with E-state index in [1.165, 1.54) is 6.07 Å². The van der Waals surface area contributed by atoms with Gasteiger partial charge >= 0.3 is 5.97 Å². The topological polar surface area (TPSA) is 64.6 Å². The van der Waals surface area contributed by atoms with Gasteiger partial charge in [-0.1, -0.05) is 23.7 Å². The molecule has 3 rings (SSSR count). The Hall–Kier alpha value is -2.53. The smallest absolute Gasteiger partial charge is 0.345 e. The van der Waals surface area contributed by atoms with Gasteiger partial charge < -0.3 is 14.8 Å². The molecule has 0 unspecified atom stereocenters. The van der Waals surface area contributed by atoms with Gasteiger partial charge in [-0.15, -0.1) is 0 Å². The second-order valence-corrected chi connectivity index (χ2v) is 4.77. The van der Waals surface area contributed by atoms with Crippen molar-refractivity contribution >= 4 is 29.2 Å². The number of halogens is 1. The van der Waals surface area contributed by atoms with E-state index in [9.17, 15) is 9.59 Å². The van der Waals surface area contributed by atoms with Crippen molar-refractivity contribution in [2.75, 3.05) is 11.9 Å². The Bertz CT molecular complexity index is 729. The van der Waals surface area contributed by atoms with Crippen LogP contribution in [0.15, 0.2) is 42.5 Å². The number of ether oxygens (including phenoxy) is 2. The van der Waals surface area contributed by atoms with Crippen molar-refractivity contribution in [3.8, 4) is 11.5 Å². The lowest BCUT2D eigenvalue weighted by molar-refractivity contribution is -0.118. The van der Waals surface area contributed by atoms with Gasteiger partial charge in [0.25, 0.3) is 5.91 Å². The van der Waals surface area contributed by atoms with Crippen LogP contribution in [0.1, 0.15) is 10.4 Å². The third-order valence-corrected chi connectivity index (χ3v) is 3.22. The summed E-state index contributed by atoms with van der Waals surface area (Å²) in [6.45, 7) is -0.0221. The van der Waals surface area contributed by atoms with Crippen LogP contribution in [0.25, 0.3) is 0 Å². The summed E-state index contributed by atoms with van der Waals surface area (Å²) in [5.41, 5.74) is 0.743. The van der Waals surface area contributed by atoms with Crippen molar-refractivity contribution in [1.82, 2.24) is 0 Å². The SMILES string of the molecule is O=C1COc2ccc(OC(=O)c3ccccc3Cl)cc2N1. The Morgan fingerprint density at radius 3 is 2.86 bits per heavy atom. The summed E-state index contributed by atoms with van der Waals surface area (Å²) in [4.78, 5) is 23.3. The van der Waals surface area contributed by atoms with Crippen LogP contribution in [0.2, 0.25) is 5.02 Å². The summed E-state index contributed by atoms with van der Waals surface area (Å²) < 4.78 is 10.5. The van der Waals surface area contributed by atoms with Gasteiger partial charge in [0.15, 0.2) is 6.61 Å². The summed E-state index contributed by atoms with van der Waals surface area (Å²) in [6, 6.07) is 11.4. The summed E-state index contributed by atoms with van der Waals surface area (Å²) in [7, 11) is 0. The van der Waals surface area contributed by atoms with Gasteiger partial charge in [0, 0.05) is 6.07 Å². The zero-order chi connectivity index (χ0) is 14.8. The zero-order valence-electron chi connectivity index (χ0n) is 10.8. The minimum Gasteiger partial charge on any atom is -0.482 e. The lowest BCUT2D eigenvalue weighted by Crippen LogP contribution is -2.25. The minimum absolute atomic E-state index is 0.0221. The number of nitrogens with one attached hydrogen (secondary N) is 1. The molecule has 0 saturated carbocycles. The fraction of sp³-hybridized carbons (Fsp3) is 0.0667. The van der Waals surface area contributed by atoms with E-state index in [0.717, 1.165) is 0 Å². The minimum atomic E-state index is -0.566. The van der Waals surface area contributed by atoms with Gasteiger partial charge in [-0.25, -0.2) is 4.79 Å². The van der Waals surface area contributed by atoms with Crippen molar-refractivity contribution in [3.05, 3.63) is 53.1 Å². The van der Waals surface area contributed by atoms with E-state index in [1.54, 1.807) is 36.4 Å². The second-order valence-electron chi connectivity index (χ2n) is 4.36. The molecule has 21 heavy (non-hydrogen) atoms. The first-order valence-corrected chi connectivity index (χ1v) is 6.55. The second kappa shape index (κ2) is 5.46. The molecule has 0 spiro atoms. The maximum Gasteiger partial charge on any atom is 0.345 e. The summed E-state index contributed by atoms with van der Waals surface area (Å²) in [6.07, 6.45) is 0. The van der Waals surface area contributed by atoms with Crippen molar-refractivity contribution in [2.45, 2.75) is 0 Å². The standard InChI is InChI=1S/C15H10ClNO4/c16-11-4-2-1-3-10(11)15(19)21-9-5-6-13-12(7-9)17-14(18)8-20-13/h1-7H,8H2,(H,17,18). The molecular weight excluding hydrogens is 294 g/mol. The highest BCUT2D eigenvalue weighted by Gasteiger charge is 2.18. The predicted molar refractivity (Wildman–Crippen MR) is 77.0 cm³/mol. The van der Waals surface area contributed by atoms with E-state index in [2.05, 4.69) is 5.32 Å².